The molecule has 0 bridgehead atoms. The molecule has 0 radical (unpaired) electrons. The highest BCUT2D eigenvalue weighted by atomic mass is 16.5. The molecule has 20 heavy (non-hydrogen) atoms. The van der Waals surface area contributed by atoms with E-state index in [1.807, 2.05) is 32.3 Å². The molecule has 0 heterocycles. The van der Waals surface area contributed by atoms with Gasteiger partial charge in [0.05, 0.1) is 19.8 Å². The van der Waals surface area contributed by atoms with Crippen LogP contribution in [-0.4, -0.2) is 39.8 Å². The number of likely N-dealkylation sites (N-methyl/N-ethyl adjacent to an activating group) is 1. The van der Waals surface area contributed by atoms with Crippen molar-refractivity contribution in [1.82, 2.24) is 4.90 Å². The highest BCUT2D eigenvalue weighted by molar-refractivity contribution is 5.44. The van der Waals surface area contributed by atoms with Gasteiger partial charge >= 0.3 is 0 Å². The molecular weight excluding hydrogens is 252 g/mol. The highest BCUT2D eigenvalue weighted by Crippen LogP contribution is 2.35. The Balaban J connectivity index is 3.22. The van der Waals surface area contributed by atoms with Crippen molar-refractivity contribution < 1.29 is 9.47 Å². The molecule has 0 amide bonds. The second kappa shape index (κ2) is 7.50. The molecule has 1 aromatic carbocycles. The van der Waals surface area contributed by atoms with Crippen LogP contribution in [0.1, 0.15) is 31.7 Å². The Bertz CT molecular complexity index is 421. The van der Waals surface area contributed by atoms with Crippen molar-refractivity contribution >= 4 is 0 Å². The quantitative estimate of drug-likeness (QED) is 0.795. The summed E-state index contributed by atoms with van der Waals surface area (Å²) in [5, 5.41) is 0. The zero-order chi connectivity index (χ0) is 15.2. The van der Waals surface area contributed by atoms with Crippen molar-refractivity contribution in [2.75, 3.05) is 34.9 Å². The Kier molecular flexibility index (Phi) is 6.30. The molecule has 2 N–H and O–H groups in total. The van der Waals surface area contributed by atoms with E-state index in [0.29, 0.717) is 0 Å². The van der Waals surface area contributed by atoms with Crippen molar-refractivity contribution in [1.29, 1.82) is 0 Å². The fraction of sp³-hybridized carbons (Fsp3) is 0.625. The van der Waals surface area contributed by atoms with Gasteiger partial charge in [0.15, 0.2) is 0 Å². The molecular formula is C16H28N2O2. The molecule has 1 aromatic rings. The lowest BCUT2D eigenvalue weighted by Gasteiger charge is -2.34. The lowest BCUT2D eigenvalue weighted by atomic mass is 9.84. The second-order valence-electron chi connectivity index (χ2n) is 5.56. The van der Waals surface area contributed by atoms with E-state index in [1.165, 1.54) is 0 Å². The smallest absolute Gasteiger partial charge is 0.124 e. The Labute approximate surface area is 122 Å². The predicted molar refractivity (Wildman–Crippen MR) is 83.5 cm³/mol. The van der Waals surface area contributed by atoms with Crippen LogP contribution >= 0.6 is 0 Å². The molecule has 0 aromatic heterocycles. The zero-order valence-corrected chi connectivity index (χ0v) is 13.4. The van der Waals surface area contributed by atoms with Crippen molar-refractivity contribution in [3.8, 4) is 11.5 Å². The second-order valence-corrected chi connectivity index (χ2v) is 5.56. The lowest BCUT2D eigenvalue weighted by molar-refractivity contribution is 0.258. The Morgan fingerprint density at radius 1 is 1.20 bits per heavy atom. The first-order valence-electron chi connectivity index (χ1n) is 7.13. The Morgan fingerprint density at radius 2 is 1.90 bits per heavy atom. The van der Waals surface area contributed by atoms with Crippen molar-refractivity contribution in [2.45, 2.75) is 31.7 Å². The largest absolute Gasteiger partial charge is 0.497 e. The monoisotopic (exact) mass is 280 g/mol. The van der Waals surface area contributed by atoms with Gasteiger partial charge in [0.1, 0.15) is 11.5 Å². The van der Waals surface area contributed by atoms with Gasteiger partial charge in [-0.15, -0.1) is 0 Å². The molecule has 0 saturated carbocycles. The van der Waals surface area contributed by atoms with E-state index in [0.717, 1.165) is 42.9 Å². The summed E-state index contributed by atoms with van der Waals surface area (Å²) in [5.41, 5.74) is 7.31. The molecule has 0 aliphatic carbocycles. The molecule has 114 valence electrons. The number of benzene rings is 1. The van der Waals surface area contributed by atoms with Crippen LogP contribution in [0, 0.1) is 0 Å². The number of nitrogens with two attached hydrogens (primary N) is 1. The van der Waals surface area contributed by atoms with Gasteiger partial charge in [-0.2, -0.15) is 0 Å². The normalized spacial score (nSPS) is 14.2. The first kappa shape index (κ1) is 16.8. The van der Waals surface area contributed by atoms with Crippen molar-refractivity contribution in [2.24, 2.45) is 5.73 Å². The van der Waals surface area contributed by atoms with E-state index in [9.17, 15) is 0 Å². The van der Waals surface area contributed by atoms with Gasteiger partial charge in [-0.25, -0.2) is 0 Å². The van der Waals surface area contributed by atoms with Crippen LogP contribution < -0.4 is 15.2 Å². The molecule has 0 aliphatic rings. The first-order chi connectivity index (χ1) is 9.46. The van der Waals surface area contributed by atoms with E-state index in [4.69, 9.17) is 15.2 Å². The van der Waals surface area contributed by atoms with Crippen LogP contribution in [-0.2, 0) is 5.54 Å². The summed E-state index contributed by atoms with van der Waals surface area (Å²) >= 11 is 0. The molecule has 4 nitrogen and oxygen atoms in total. The number of ether oxygens (including phenoxy) is 2. The fourth-order valence-electron chi connectivity index (χ4n) is 2.56. The van der Waals surface area contributed by atoms with E-state index in [2.05, 4.69) is 11.8 Å². The first-order valence-corrected chi connectivity index (χ1v) is 7.13. The van der Waals surface area contributed by atoms with E-state index >= 15 is 0 Å². The van der Waals surface area contributed by atoms with Crippen molar-refractivity contribution in [3.05, 3.63) is 23.8 Å². The maximum absolute atomic E-state index is 6.73. The predicted octanol–water partition coefficient (Wildman–Crippen LogP) is 2.61. The minimum atomic E-state index is -0.431. The third kappa shape index (κ3) is 4.12. The summed E-state index contributed by atoms with van der Waals surface area (Å²) in [6.07, 6.45) is 3.13. The number of hydrogen-bond donors (Lipinski definition) is 1. The van der Waals surface area contributed by atoms with Gasteiger partial charge in [0.2, 0.25) is 0 Å². The number of rotatable bonds is 8. The molecule has 0 saturated heterocycles. The summed E-state index contributed by atoms with van der Waals surface area (Å²) in [4.78, 5) is 2.12. The SMILES string of the molecule is CCCCC(N)(CN(C)C)c1cc(OC)ccc1OC. The van der Waals surface area contributed by atoms with Crippen LogP contribution in [0.15, 0.2) is 18.2 Å². The summed E-state index contributed by atoms with van der Waals surface area (Å²) < 4.78 is 10.8. The van der Waals surface area contributed by atoms with Crippen LogP contribution in [0.4, 0.5) is 0 Å². The topological polar surface area (TPSA) is 47.7 Å². The maximum atomic E-state index is 6.73. The van der Waals surface area contributed by atoms with Crippen LogP contribution in [0.25, 0.3) is 0 Å². The van der Waals surface area contributed by atoms with Crippen molar-refractivity contribution in [3.63, 3.8) is 0 Å². The minimum absolute atomic E-state index is 0.431. The van der Waals surface area contributed by atoms with Gasteiger partial charge < -0.3 is 20.1 Å². The maximum Gasteiger partial charge on any atom is 0.124 e. The third-order valence-corrected chi connectivity index (χ3v) is 3.52. The van der Waals surface area contributed by atoms with E-state index in [-0.39, 0.29) is 0 Å². The minimum Gasteiger partial charge on any atom is -0.497 e. The van der Waals surface area contributed by atoms with E-state index in [1.54, 1.807) is 14.2 Å². The highest BCUT2D eigenvalue weighted by Gasteiger charge is 2.31. The van der Waals surface area contributed by atoms with Crippen LogP contribution in [0.2, 0.25) is 0 Å². The average molecular weight is 280 g/mol. The molecule has 0 spiro atoms. The lowest BCUT2D eigenvalue weighted by Crippen LogP contribution is -2.45. The fourth-order valence-corrected chi connectivity index (χ4v) is 2.56. The summed E-state index contributed by atoms with van der Waals surface area (Å²) in [6, 6.07) is 5.83. The summed E-state index contributed by atoms with van der Waals surface area (Å²) in [7, 11) is 7.43. The molecule has 4 heteroatoms. The molecule has 1 atom stereocenters. The van der Waals surface area contributed by atoms with Gasteiger partial charge in [-0.3, -0.25) is 0 Å². The van der Waals surface area contributed by atoms with Gasteiger partial charge in [-0.05, 0) is 38.7 Å². The van der Waals surface area contributed by atoms with Gasteiger partial charge in [0, 0.05) is 12.1 Å². The zero-order valence-electron chi connectivity index (χ0n) is 13.4. The van der Waals surface area contributed by atoms with Gasteiger partial charge in [-0.1, -0.05) is 19.8 Å². The van der Waals surface area contributed by atoms with E-state index < -0.39 is 5.54 Å². The summed E-state index contributed by atoms with van der Waals surface area (Å²) in [5.74, 6) is 1.64. The number of methoxy groups -OCH3 is 2. The molecule has 0 fully saturated rings. The molecule has 1 rings (SSSR count). The Morgan fingerprint density at radius 3 is 2.40 bits per heavy atom. The van der Waals surface area contributed by atoms with Crippen LogP contribution in [0.3, 0.4) is 0 Å². The third-order valence-electron chi connectivity index (χ3n) is 3.52. The summed E-state index contributed by atoms with van der Waals surface area (Å²) in [6.45, 7) is 2.95. The standard InChI is InChI=1S/C16H28N2O2/c1-6-7-10-16(17,12-18(2)3)14-11-13(19-4)8-9-15(14)20-5/h8-9,11H,6-7,10,12,17H2,1-5H3. The van der Waals surface area contributed by atoms with Crippen LogP contribution in [0.5, 0.6) is 11.5 Å². The molecule has 0 aliphatic heterocycles. The molecule has 1 unspecified atom stereocenters. The average Bonchev–Trinajstić information content (AvgIpc) is 2.43. The number of hydrogen-bond acceptors (Lipinski definition) is 4. The van der Waals surface area contributed by atoms with Gasteiger partial charge in [0.25, 0.3) is 0 Å². The number of unbranched alkanes of at least 4 members (excludes halogenated alkanes) is 1. The Hall–Kier alpha value is -1.26. The number of nitrogens with zero attached hydrogens (tertiary/aromatic N) is 1.